The van der Waals surface area contributed by atoms with E-state index in [-0.39, 0.29) is 38.3 Å². The van der Waals surface area contributed by atoms with Gasteiger partial charge in [0, 0.05) is 30.8 Å². The Morgan fingerprint density at radius 2 is 2.10 bits per heavy atom. The molecule has 0 spiro atoms. The molecule has 3 aliphatic rings. The molecule has 0 aliphatic carbocycles. The Balaban J connectivity index is 1.27. The molecule has 1 aromatic carbocycles. The first-order chi connectivity index (χ1) is 14.7. The van der Waals surface area contributed by atoms with Crippen molar-refractivity contribution in [2.75, 3.05) is 25.0 Å². The van der Waals surface area contributed by atoms with E-state index in [1.165, 1.54) is 0 Å². The summed E-state index contributed by atoms with van der Waals surface area (Å²) in [5.41, 5.74) is 2.64. The van der Waals surface area contributed by atoms with Crippen LogP contribution in [0.4, 0.5) is 23.7 Å². The average Bonchev–Trinajstić information content (AvgIpc) is 3.24. The number of carbonyl (C=O) groups is 2. The number of alkyl halides is 3. The van der Waals surface area contributed by atoms with Crippen molar-refractivity contribution in [1.29, 1.82) is 0 Å². The number of halogens is 3. The largest absolute Gasteiger partial charge is 0.408 e. The van der Waals surface area contributed by atoms with Crippen molar-refractivity contribution in [2.45, 2.75) is 56.3 Å². The topological polar surface area (TPSA) is 103 Å². The first kappa shape index (κ1) is 21.7. The van der Waals surface area contributed by atoms with Crippen LogP contribution in [0.1, 0.15) is 36.5 Å². The van der Waals surface area contributed by atoms with Gasteiger partial charge in [0.2, 0.25) is 5.91 Å². The van der Waals surface area contributed by atoms with E-state index in [1.54, 1.807) is 0 Å². The molecule has 2 saturated heterocycles. The fourth-order valence-corrected chi connectivity index (χ4v) is 4.39. The number of aliphatic hydroxyl groups is 1. The normalized spacial score (nSPS) is 27.3. The highest BCUT2D eigenvalue weighted by molar-refractivity contribution is 5.84. The number of carbonyl (C=O) groups excluding carboxylic acids is 2. The highest BCUT2D eigenvalue weighted by Crippen LogP contribution is 2.39. The number of likely N-dealkylation sites (tertiary alicyclic amines) is 1. The summed E-state index contributed by atoms with van der Waals surface area (Å²) in [5.74, 6) is -0.749. The molecule has 4 rings (SSSR count). The number of rotatable bonds is 4. The van der Waals surface area contributed by atoms with Gasteiger partial charge in [-0.15, -0.1) is 0 Å². The van der Waals surface area contributed by atoms with E-state index in [1.807, 2.05) is 18.2 Å². The van der Waals surface area contributed by atoms with Gasteiger partial charge in [-0.05, 0) is 30.5 Å². The lowest BCUT2D eigenvalue weighted by Crippen LogP contribution is -2.49. The van der Waals surface area contributed by atoms with Gasteiger partial charge in [0.15, 0.2) is 0 Å². The summed E-state index contributed by atoms with van der Waals surface area (Å²) in [4.78, 5) is 24.9. The second-order valence-corrected chi connectivity index (χ2v) is 8.12. The minimum absolute atomic E-state index is 0.0383. The molecule has 2 fully saturated rings. The summed E-state index contributed by atoms with van der Waals surface area (Å²) < 4.78 is 44.6. The molecule has 0 saturated carbocycles. The number of urea groups is 1. The van der Waals surface area contributed by atoms with Crippen LogP contribution >= 0.6 is 0 Å². The molecule has 3 amide bonds. The Labute approximate surface area is 177 Å². The number of aliphatic hydroxyl groups excluding tert-OH is 1. The number of fused-ring (bicyclic) bond motifs is 4. The van der Waals surface area contributed by atoms with Crippen molar-refractivity contribution in [2.24, 2.45) is 0 Å². The fraction of sp³-hybridized carbons (Fsp3) is 0.600. The van der Waals surface area contributed by atoms with Gasteiger partial charge in [0.05, 0.1) is 31.4 Å². The number of hydrogen-bond acceptors (Lipinski definition) is 5. The molecule has 8 nitrogen and oxygen atoms in total. The van der Waals surface area contributed by atoms with Gasteiger partial charge in [-0.2, -0.15) is 13.2 Å². The molecule has 1 aromatic rings. The standard InChI is InChI=1S/C20H25F3N4O4/c21-20(22,23)17-2-1-5-27(17)18(29)9-25-19(30)24-8-11-3-4-13-12(6-11)16-7-14(26-13)15(28)10-31-16/h3-4,6,14-17,26,28H,1-2,5,7-10H2,(H2,24,25,30)/t14-,15+,16-,17+/m0/s1. The molecule has 0 aromatic heterocycles. The third-order valence-corrected chi connectivity index (χ3v) is 6.01. The van der Waals surface area contributed by atoms with Gasteiger partial charge >= 0.3 is 12.2 Å². The summed E-state index contributed by atoms with van der Waals surface area (Å²) in [6.45, 7) is -0.0173. The van der Waals surface area contributed by atoms with Crippen molar-refractivity contribution < 1.29 is 32.6 Å². The average molecular weight is 442 g/mol. The van der Waals surface area contributed by atoms with Gasteiger partial charge in [0.1, 0.15) is 6.04 Å². The Morgan fingerprint density at radius 1 is 1.29 bits per heavy atom. The van der Waals surface area contributed by atoms with Gasteiger partial charge in [-0.1, -0.05) is 6.07 Å². The summed E-state index contributed by atoms with van der Waals surface area (Å²) in [5, 5.41) is 18.2. The van der Waals surface area contributed by atoms with Gasteiger partial charge in [-0.3, -0.25) is 4.79 Å². The van der Waals surface area contributed by atoms with E-state index in [0.717, 1.165) is 21.7 Å². The summed E-state index contributed by atoms with van der Waals surface area (Å²) >= 11 is 0. The third kappa shape index (κ3) is 4.72. The summed E-state index contributed by atoms with van der Waals surface area (Å²) in [6.07, 6.45) is -4.31. The van der Waals surface area contributed by atoms with Crippen LogP contribution in [0.2, 0.25) is 0 Å². The molecule has 0 unspecified atom stereocenters. The molecule has 170 valence electrons. The van der Waals surface area contributed by atoms with Gasteiger partial charge in [-0.25, -0.2) is 4.79 Å². The van der Waals surface area contributed by atoms with Crippen LogP contribution in [0.15, 0.2) is 18.2 Å². The Kier molecular flexibility index (Phi) is 5.98. The van der Waals surface area contributed by atoms with Crippen molar-refractivity contribution >= 4 is 17.6 Å². The highest BCUT2D eigenvalue weighted by atomic mass is 19.4. The van der Waals surface area contributed by atoms with E-state index in [2.05, 4.69) is 16.0 Å². The summed E-state index contributed by atoms with van der Waals surface area (Å²) in [7, 11) is 0. The number of nitrogens with one attached hydrogen (secondary N) is 3. The number of nitrogens with zero attached hydrogens (tertiary/aromatic N) is 1. The molecule has 3 heterocycles. The Morgan fingerprint density at radius 3 is 2.87 bits per heavy atom. The first-order valence-electron chi connectivity index (χ1n) is 10.3. The number of anilines is 1. The van der Waals surface area contributed by atoms with Crippen LogP contribution in [-0.4, -0.2) is 66.0 Å². The van der Waals surface area contributed by atoms with Crippen LogP contribution < -0.4 is 16.0 Å². The van der Waals surface area contributed by atoms with Crippen LogP contribution in [0.3, 0.4) is 0 Å². The zero-order valence-corrected chi connectivity index (χ0v) is 16.7. The van der Waals surface area contributed by atoms with E-state index in [4.69, 9.17) is 4.74 Å². The van der Waals surface area contributed by atoms with E-state index >= 15 is 0 Å². The predicted molar refractivity (Wildman–Crippen MR) is 104 cm³/mol. The molecule has 4 atom stereocenters. The quantitative estimate of drug-likeness (QED) is 0.568. The molecule has 3 aliphatic heterocycles. The van der Waals surface area contributed by atoms with Crippen LogP contribution in [0, 0.1) is 0 Å². The second-order valence-electron chi connectivity index (χ2n) is 8.12. The lowest BCUT2D eigenvalue weighted by molar-refractivity contribution is -0.182. The zero-order valence-electron chi connectivity index (χ0n) is 16.7. The zero-order chi connectivity index (χ0) is 22.2. The van der Waals surface area contributed by atoms with Crippen LogP contribution in [0.5, 0.6) is 0 Å². The van der Waals surface area contributed by atoms with Crippen LogP contribution in [-0.2, 0) is 16.1 Å². The van der Waals surface area contributed by atoms with Crippen molar-refractivity contribution in [3.8, 4) is 0 Å². The number of benzene rings is 1. The van der Waals surface area contributed by atoms with E-state index in [9.17, 15) is 27.9 Å². The third-order valence-electron chi connectivity index (χ3n) is 6.01. The molecular weight excluding hydrogens is 417 g/mol. The minimum Gasteiger partial charge on any atom is -0.389 e. The fourth-order valence-electron chi connectivity index (χ4n) is 4.39. The Bertz CT molecular complexity index is 850. The number of ether oxygens (including phenoxy) is 1. The molecule has 2 bridgehead atoms. The summed E-state index contributed by atoms with van der Waals surface area (Å²) in [6, 6.07) is 3.12. The maximum absolute atomic E-state index is 13.0. The van der Waals surface area contributed by atoms with Gasteiger partial charge in [0.25, 0.3) is 0 Å². The maximum Gasteiger partial charge on any atom is 0.408 e. The molecule has 4 N–H and O–H groups in total. The van der Waals surface area contributed by atoms with Crippen molar-refractivity contribution in [3.63, 3.8) is 0 Å². The van der Waals surface area contributed by atoms with Crippen LogP contribution in [0.25, 0.3) is 0 Å². The smallest absolute Gasteiger partial charge is 0.389 e. The highest BCUT2D eigenvalue weighted by Gasteiger charge is 2.47. The van der Waals surface area contributed by atoms with E-state index in [0.29, 0.717) is 12.8 Å². The van der Waals surface area contributed by atoms with Crippen molar-refractivity contribution in [3.05, 3.63) is 29.3 Å². The molecule has 0 radical (unpaired) electrons. The van der Waals surface area contributed by atoms with Crippen molar-refractivity contribution in [1.82, 2.24) is 15.5 Å². The molecular formula is C20H25F3N4O4. The SMILES string of the molecule is O=C(NCC(=O)N1CCC[C@@H]1C(F)(F)F)NCc1ccc2c(c1)[C@@H]1C[C@H](N2)[C@H](O)CO1. The number of amides is 3. The lowest BCUT2D eigenvalue weighted by Gasteiger charge is -2.40. The minimum atomic E-state index is -4.46. The second kappa shape index (κ2) is 8.54. The number of hydrogen-bond donors (Lipinski definition) is 4. The van der Waals surface area contributed by atoms with Gasteiger partial charge < -0.3 is 30.7 Å². The predicted octanol–water partition coefficient (Wildman–Crippen LogP) is 1.66. The first-order valence-corrected chi connectivity index (χ1v) is 10.3. The van der Waals surface area contributed by atoms with E-state index < -0.39 is 36.8 Å². The Hall–Kier alpha value is -2.53. The maximum atomic E-state index is 13.0. The lowest BCUT2D eigenvalue weighted by atomic mass is 9.89. The molecule has 31 heavy (non-hydrogen) atoms. The molecule has 11 heteroatoms. The monoisotopic (exact) mass is 442 g/mol.